The van der Waals surface area contributed by atoms with Crippen molar-refractivity contribution in [2.75, 3.05) is 13.1 Å². The number of hydrogen-bond donors (Lipinski definition) is 2. The molecule has 6 heteroatoms. The number of aromatic nitrogens is 3. The van der Waals surface area contributed by atoms with E-state index in [4.69, 9.17) is 0 Å². The van der Waals surface area contributed by atoms with E-state index in [1.54, 1.807) is 4.90 Å². The average Bonchev–Trinajstić information content (AvgIpc) is 3.38. The maximum Gasteiger partial charge on any atom is 0.229 e. The molecule has 1 aromatic heterocycles. The minimum atomic E-state index is 0.214. The maximum atomic E-state index is 12.5. The van der Waals surface area contributed by atoms with Crippen molar-refractivity contribution in [1.82, 2.24) is 20.3 Å². The van der Waals surface area contributed by atoms with Crippen molar-refractivity contribution >= 4 is 5.91 Å². The van der Waals surface area contributed by atoms with E-state index < -0.39 is 0 Å². The lowest BCUT2D eigenvalue weighted by Gasteiger charge is -2.46. The van der Waals surface area contributed by atoms with Crippen LogP contribution in [0, 0.1) is 11.8 Å². The number of nitrogens with one attached hydrogen (secondary N) is 2. The Bertz CT molecular complexity index is 785. The lowest BCUT2D eigenvalue weighted by molar-refractivity contribution is -0.945. The van der Waals surface area contributed by atoms with Gasteiger partial charge in [-0.15, -0.1) is 5.10 Å². The van der Waals surface area contributed by atoms with Gasteiger partial charge in [0.25, 0.3) is 0 Å². The van der Waals surface area contributed by atoms with Crippen LogP contribution < -0.4 is 10.2 Å². The molecule has 4 atom stereocenters. The Morgan fingerprint density at radius 3 is 2.81 bits per heavy atom. The molecule has 6 rings (SSSR count). The van der Waals surface area contributed by atoms with E-state index in [0.717, 1.165) is 30.8 Å². The van der Waals surface area contributed by atoms with Gasteiger partial charge in [0, 0.05) is 24.4 Å². The number of amides is 1. The molecule has 4 heterocycles. The summed E-state index contributed by atoms with van der Waals surface area (Å²) in [7, 11) is 0. The average molecular weight is 352 g/mol. The van der Waals surface area contributed by atoms with E-state index in [2.05, 4.69) is 34.0 Å². The van der Waals surface area contributed by atoms with Crippen LogP contribution in [0.25, 0.3) is 11.3 Å². The van der Waals surface area contributed by atoms with Crippen molar-refractivity contribution in [3.8, 4) is 11.3 Å². The Kier molecular flexibility index (Phi) is 4.00. The standard InChI is InChI=1S/C20H25N5O/c26-20(21-16-6-7-16)18-12-24-9-8-15(18)10-17(24)11-25-13-19(22-23-25)14-4-2-1-3-5-14/h1-5,13,15-18H,6-12H2,(H,21,26)/p+1/t15-,17+,18-/m0/s1. The second-order valence-corrected chi connectivity index (χ2v) is 8.17. The smallest absolute Gasteiger partial charge is 0.229 e. The molecule has 3 aliphatic heterocycles. The van der Waals surface area contributed by atoms with Gasteiger partial charge in [-0.25, -0.2) is 4.68 Å². The number of rotatable bonds is 5. The molecule has 0 spiro atoms. The monoisotopic (exact) mass is 352 g/mol. The third kappa shape index (κ3) is 3.14. The first kappa shape index (κ1) is 16.0. The fourth-order valence-corrected chi connectivity index (χ4v) is 4.71. The van der Waals surface area contributed by atoms with Gasteiger partial charge in [-0.05, 0) is 18.8 Å². The molecular formula is C20H26N5O+. The van der Waals surface area contributed by atoms with Gasteiger partial charge in [0.15, 0.2) is 0 Å². The molecule has 2 aromatic rings. The quantitative estimate of drug-likeness (QED) is 0.825. The number of benzene rings is 1. The molecule has 0 radical (unpaired) electrons. The molecule has 1 aliphatic carbocycles. The number of piperidine rings is 3. The van der Waals surface area contributed by atoms with Crippen LogP contribution in [-0.2, 0) is 11.3 Å². The number of quaternary nitrogens is 1. The van der Waals surface area contributed by atoms with Crippen LogP contribution in [0.4, 0.5) is 0 Å². The molecule has 3 saturated heterocycles. The van der Waals surface area contributed by atoms with Gasteiger partial charge in [0.2, 0.25) is 5.91 Å². The summed E-state index contributed by atoms with van der Waals surface area (Å²) in [6, 6.07) is 11.2. The van der Waals surface area contributed by atoms with Gasteiger partial charge in [0.05, 0.1) is 31.7 Å². The SMILES string of the molecule is O=C(NC1CC1)[C@H]1C[NH+]2CC[C@H]1C[C@@H]2Cn1cc(-c2ccccc2)nn1. The molecule has 4 fully saturated rings. The number of fused-ring (bicyclic) bond motifs is 3. The fraction of sp³-hybridized carbons (Fsp3) is 0.550. The van der Waals surface area contributed by atoms with Gasteiger partial charge in [-0.2, -0.15) is 0 Å². The Morgan fingerprint density at radius 1 is 1.23 bits per heavy atom. The van der Waals surface area contributed by atoms with Crippen molar-refractivity contribution in [3.63, 3.8) is 0 Å². The lowest BCUT2D eigenvalue weighted by atomic mass is 9.75. The van der Waals surface area contributed by atoms with E-state index in [1.807, 2.05) is 22.9 Å². The number of carbonyl (C=O) groups is 1. The second-order valence-electron chi connectivity index (χ2n) is 8.17. The third-order valence-corrected chi connectivity index (χ3v) is 6.33. The van der Waals surface area contributed by atoms with Gasteiger partial charge in [-0.1, -0.05) is 35.5 Å². The zero-order valence-corrected chi connectivity index (χ0v) is 15.0. The predicted octanol–water partition coefficient (Wildman–Crippen LogP) is 0.517. The van der Waals surface area contributed by atoms with Crippen LogP contribution in [0.2, 0.25) is 0 Å². The highest BCUT2D eigenvalue weighted by Crippen LogP contribution is 2.29. The van der Waals surface area contributed by atoms with Crippen molar-refractivity contribution < 1.29 is 9.69 Å². The summed E-state index contributed by atoms with van der Waals surface area (Å²) in [6.45, 7) is 3.06. The molecule has 1 amide bonds. The highest BCUT2D eigenvalue weighted by molar-refractivity contribution is 5.79. The van der Waals surface area contributed by atoms with E-state index in [1.165, 1.54) is 25.8 Å². The largest absolute Gasteiger partial charge is 0.353 e. The molecule has 136 valence electrons. The van der Waals surface area contributed by atoms with E-state index in [-0.39, 0.29) is 5.92 Å². The van der Waals surface area contributed by atoms with Gasteiger partial charge < -0.3 is 10.2 Å². The lowest BCUT2D eigenvalue weighted by Crippen LogP contribution is -3.20. The van der Waals surface area contributed by atoms with Gasteiger partial charge in [0.1, 0.15) is 11.7 Å². The summed E-state index contributed by atoms with van der Waals surface area (Å²) in [6.07, 6.45) is 6.69. The molecule has 4 aliphatic rings. The first-order valence-electron chi connectivity index (χ1n) is 9.87. The molecule has 6 nitrogen and oxygen atoms in total. The Hall–Kier alpha value is -2.21. The number of carbonyl (C=O) groups excluding carboxylic acids is 1. The van der Waals surface area contributed by atoms with E-state index in [0.29, 0.717) is 23.9 Å². The minimum Gasteiger partial charge on any atom is -0.353 e. The van der Waals surface area contributed by atoms with E-state index in [9.17, 15) is 4.79 Å². The third-order valence-electron chi connectivity index (χ3n) is 6.33. The van der Waals surface area contributed by atoms with Crippen LogP contribution in [0.5, 0.6) is 0 Å². The topological polar surface area (TPSA) is 64.2 Å². The Labute approximate surface area is 153 Å². The summed E-state index contributed by atoms with van der Waals surface area (Å²) in [5.41, 5.74) is 2.03. The Morgan fingerprint density at radius 2 is 2.08 bits per heavy atom. The zero-order valence-electron chi connectivity index (χ0n) is 15.0. The molecule has 1 aromatic carbocycles. The molecule has 26 heavy (non-hydrogen) atoms. The van der Waals surface area contributed by atoms with Crippen molar-refractivity contribution in [2.24, 2.45) is 11.8 Å². The Balaban J connectivity index is 1.24. The maximum absolute atomic E-state index is 12.5. The number of nitrogens with zero attached hydrogens (tertiary/aromatic N) is 3. The zero-order chi connectivity index (χ0) is 17.5. The van der Waals surface area contributed by atoms with E-state index >= 15 is 0 Å². The van der Waals surface area contributed by atoms with Crippen molar-refractivity contribution in [1.29, 1.82) is 0 Å². The first-order chi connectivity index (χ1) is 12.8. The first-order valence-corrected chi connectivity index (χ1v) is 9.87. The molecule has 2 bridgehead atoms. The predicted molar refractivity (Wildman–Crippen MR) is 97.3 cm³/mol. The molecule has 1 saturated carbocycles. The summed E-state index contributed by atoms with van der Waals surface area (Å²) < 4.78 is 1.99. The second kappa shape index (κ2) is 6.50. The van der Waals surface area contributed by atoms with Crippen molar-refractivity contribution in [3.05, 3.63) is 36.5 Å². The van der Waals surface area contributed by atoms with Crippen molar-refractivity contribution in [2.45, 2.75) is 44.3 Å². The summed E-state index contributed by atoms with van der Waals surface area (Å²) in [5, 5.41) is 11.9. The molecule has 2 N–H and O–H groups in total. The summed E-state index contributed by atoms with van der Waals surface area (Å²) in [5.74, 6) is 1.06. The molecule has 1 unspecified atom stereocenters. The van der Waals surface area contributed by atoms with Crippen LogP contribution in [0.1, 0.15) is 25.7 Å². The highest BCUT2D eigenvalue weighted by Gasteiger charge is 2.47. The minimum absolute atomic E-state index is 0.214. The van der Waals surface area contributed by atoms with Gasteiger partial charge in [-0.3, -0.25) is 4.79 Å². The molecular weight excluding hydrogens is 326 g/mol. The highest BCUT2D eigenvalue weighted by atomic mass is 16.2. The van der Waals surface area contributed by atoms with Crippen LogP contribution in [0.15, 0.2) is 36.5 Å². The fourth-order valence-electron chi connectivity index (χ4n) is 4.71. The van der Waals surface area contributed by atoms with Gasteiger partial charge >= 0.3 is 0 Å². The summed E-state index contributed by atoms with van der Waals surface area (Å²) >= 11 is 0. The number of hydrogen-bond acceptors (Lipinski definition) is 3. The van der Waals surface area contributed by atoms with Crippen LogP contribution in [-0.4, -0.2) is 46.1 Å². The van der Waals surface area contributed by atoms with Crippen LogP contribution >= 0.6 is 0 Å². The normalized spacial score (nSPS) is 30.3. The summed E-state index contributed by atoms with van der Waals surface area (Å²) in [4.78, 5) is 14.1. The van der Waals surface area contributed by atoms with Crippen LogP contribution in [0.3, 0.4) is 0 Å².